The van der Waals surface area contributed by atoms with Crippen LogP contribution in [0.5, 0.6) is 5.75 Å². The Hall–Kier alpha value is -3.92. The summed E-state index contributed by atoms with van der Waals surface area (Å²) in [5, 5.41) is 2.96. The fourth-order valence-electron chi connectivity index (χ4n) is 4.34. The third kappa shape index (κ3) is 7.85. The van der Waals surface area contributed by atoms with Crippen LogP contribution in [0.4, 0.5) is 10.1 Å². The molecule has 220 valence electrons. The maximum atomic E-state index is 14.1. The van der Waals surface area contributed by atoms with E-state index < -0.39 is 34.3 Å². The number of halogens is 1. The number of ether oxygens (including phenoxy) is 1. The van der Waals surface area contributed by atoms with Gasteiger partial charge in [-0.1, -0.05) is 38.1 Å². The Balaban J connectivity index is 2.06. The van der Waals surface area contributed by atoms with Gasteiger partial charge in [0.1, 0.15) is 24.2 Å². The highest BCUT2D eigenvalue weighted by Crippen LogP contribution is 2.26. The van der Waals surface area contributed by atoms with Crippen LogP contribution in [0.3, 0.4) is 0 Å². The number of carbonyl (C=O) groups is 2. The van der Waals surface area contributed by atoms with Crippen molar-refractivity contribution in [2.75, 3.05) is 18.0 Å². The van der Waals surface area contributed by atoms with Crippen LogP contribution in [0.15, 0.2) is 77.7 Å². The molecule has 0 aliphatic carbocycles. The minimum Gasteiger partial charge on any atom is -0.497 e. The monoisotopic (exact) mass is 583 g/mol. The van der Waals surface area contributed by atoms with Gasteiger partial charge in [-0.15, -0.1) is 0 Å². The molecule has 2 atom stereocenters. The van der Waals surface area contributed by atoms with E-state index in [-0.39, 0.29) is 29.1 Å². The first-order chi connectivity index (χ1) is 19.5. The molecule has 10 heteroatoms. The normalized spacial score (nSPS) is 12.7. The van der Waals surface area contributed by atoms with Crippen molar-refractivity contribution >= 4 is 27.5 Å². The molecule has 41 heavy (non-hydrogen) atoms. The number of rotatable bonds is 13. The summed E-state index contributed by atoms with van der Waals surface area (Å²) in [6.07, 6.45) is 1.04. The van der Waals surface area contributed by atoms with Crippen molar-refractivity contribution in [1.82, 2.24) is 10.2 Å². The lowest BCUT2D eigenvalue weighted by atomic mass is 10.1. The molecule has 3 aromatic carbocycles. The molecule has 0 aliphatic rings. The molecule has 0 fully saturated rings. The van der Waals surface area contributed by atoms with Crippen molar-refractivity contribution in [2.24, 2.45) is 0 Å². The van der Waals surface area contributed by atoms with E-state index in [1.54, 1.807) is 0 Å². The number of hydrogen-bond acceptors (Lipinski definition) is 5. The van der Waals surface area contributed by atoms with Gasteiger partial charge in [-0.3, -0.25) is 13.9 Å². The second-order valence-electron chi connectivity index (χ2n) is 9.85. The molecule has 1 N–H and O–H groups in total. The van der Waals surface area contributed by atoms with E-state index in [1.165, 1.54) is 48.4 Å². The summed E-state index contributed by atoms with van der Waals surface area (Å²) < 4.78 is 47.7. The molecule has 3 aromatic rings. The van der Waals surface area contributed by atoms with Gasteiger partial charge in [-0.05, 0) is 86.3 Å². The molecule has 3 rings (SSSR count). The van der Waals surface area contributed by atoms with Gasteiger partial charge in [0.15, 0.2) is 0 Å². The lowest BCUT2D eigenvalue weighted by Gasteiger charge is -2.34. The standard InChI is InChI=1S/C31H38FN3O5S/c1-6-23(4)33-31(37)29(7-2)34(20-24-11-9-8-10-22(24)3)30(36)21-35(26-14-12-25(32)13-15-26)41(38,39)28-18-16-27(40-5)17-19-28/h8-19,23,29H,6-7,20-21H2,1-5H3,(H,33,37). The van der Waals surface area contributed by atoms with E-state index >= 15 is 0 Å². The van der Waals surface area contributed by atoms with E-state index in [0.717, 1.165) is 27.6 Å². The van der Waals surface area contributed by atoms with Crippen LogP contribution in [0.1, 0.15) is 44.7 Å². The summed E-state index contributed by atoms with van der Waals surface area (Å²) >= 11 is 0. The van der Waals surface area contributed by atoms with Crippen molar-refractivity contribution in [3.63, 3.8) is 0 Å². The number of hydrogen-bond donors (Lipinski definition) is 1. The molecule has 2 unspecified atom stereocenters. The van der Waals surface area contributed by atoms with Gasteiger partial charge < -0.3 is 15.0 Å². The molecular formula is C31H38FN3O5S. The minimum absolute atomic E-state index is 0.0672. The van der Waals surface area contributed by atoms with Crippen molar-refractivity contribution in [1.29, 1.82) is 0 Å². The number of sulfonamides is 1. The first kappa shape index (κ1) is 31.6. The van der Waals surface area contributed by atoms with Crippen LogP contribution in [0.25, 0.3) is 0 Å². The van der Waals surface area contributed by atoms with E-state index in [1.807, 2.05) is 52.0 Å². The molecule has 8 nitrogen and oxygen atoms in total. The van der Waals surface area contributed by atoms with Gasteiger partial charge in [0.2, 0.25) is 11.8 Å². The Morgan fingerprint density at radius 2 is 1.59 bits per heavy atom. The van der Waals surface area contributed by atoms with Crippen LogP contribution in [-0.4, -0.2) is 50.9 Å². The predicted octanol–water partition coefficient (Wildman–Crippen LogP) is 5.06. The van der Waals surface area contributed by atoms with E-state index in [4.69, 9.17) is 4.74 Å². The number of nitrogens with zero attached hydrogens (tertiary/aromatic N) is 2. The topological polar surface area (TPSA) is 96.0 Å². The summed E-state index contributed by atoms with van der Waals surface area (Å²) in [6, 6.07) is 17.3. The zero-order chi connectivity index (χ0) is 30.2. The zero-order valence-electron chi connectivity index (χ0n) is 24.1. The maximum Gasteiger partial charge on any atom is 0.264 e. The van der Waals surface area contributed by atoms with Gasteiger partial charge in [0.25, 0.3) is 10.0 Å². The Morgan fingerprint density at radius 3 is 2.15 bits per heavy atom. The lowest BCUT2D eigenvalue weighted by Crippen LogP contribution is -2.53. The van der Waals surface area contributed by atoms with E-state index in [9.17, 15) is 22.4 Å². The smallest absolute Gasteiger partial charge is 0.264 e. The predicted molar refractivity (Wildman–Crippen MR) is 158 cm³/mol. The maximum absolute atomic E-state index is 14.1. The first-order valence-corrected chi connectivity index (χ1v) is 15.0. The molecule has 2 amide bonds. The Morgan fingerprint density at radius 1 is 0.951 bits per heavy atom. The highest BCUT2D eigenvalue weighted by atomic mass is 32.2. The minimum atomic E-state index is -4.27. The van der Waals surface area contributed by atoms with E-state index in [2.05, 4.69) is 5.32 Å². The van der Waals surface area contributed by atoms with Crippen molar-refractivity contribution in [2.45, 2.75) is 64.1 Å². The highest BCUT2D eigenvalue weighted by molar-refractivity contribution is 7.92. The van der Waals surface area contributed by atoms with Crippen LogP contribution < -0.4 is 14.4 Å². The Labute approximate surface area is 242 Å². The lowest BCUT2D eigenvalue weighted by molar-refractivity contribution is -0.140. The second-order valence-corrected chi connectivity index (χ2v) is 11.7. The molecule has 0 aromatic heterocycles. The molecule has 0 bridgehead atoms. The summed E-state index contributed by atoms with van der Waals surface area (Å²) in [4.78, 5) is 28.8. The van der Waals surface area contributed by atoms with Gasteiger partial charge in [0.05, 0.1) is 17.7 Å². The highest BCUT2D eigenvalue weighted by Gasteiger charge is 2.34. The van der Waals surface area contributed by atoms with Crippen molar-refractivity contribution < 1.29 is 27.1 Å². The molecule has 0 radical (unpaired) electrons. The van der Waals surface area contributed by atoms with Gasteiger partial charge in [0, 0.05) is 12.6 Å². The van der Waals surface area contributed by atoms with Crippen molar-refractivity contribution in [3.8, 4) is 5.75 Å². The molecule has 0 saturated carbocycles. The number of benzene rings is 3. The van der Waals surface area contributed by atoms with E-state index in [0.29, 0.717) is 18.6 Å². The first-order valence-electron chi connectivity index (χ1n) is 13.6. The average molecular weight is 584 g/mol. The van der Waals surface area contributed by atoms with Gasteiger partial charge >= 0.3 is 0 Å². The van der Waals surface area contributed by atoms with Crippen LogP contribution >= 0.6 is 0 Å². The number of aryl methyl sites for hydroxylation is 1. The zero-order valence-corrected chi connectivity index (χ0v) is 24.9. The van der Waals surface area contributed by atoms with Crippen LogP contribution in [0.2, 0.25) is 0 Å². The summed E-state index contributed by atoms with van der Waals surface area (Å²) in [7, 11) is -2.80. The summed E-state index contributed by atoms with van der Waals surface area (Å²) in [5.74, 6) is -0.956. The van der Waals surface area contributed by atoms with Crippen molar-refractivity contribution in [3.05, 3.63) is 89.7 Å². The van der Waals surface area contributed by atoms with Gasteiger partial charge in [-0.25, -0.2) is 12.8 Å². The number of methoxy groups -OCH3 is 1. The third-order valence-corrected chi connectivity index (χ3v) is 8.82. The van der Waals surface area contributed by atoms with Gasteiger partial charge in [-0.2, -0.15) is 0 Å². The summed E-state index contributed by atoms with van der Waals surface area (Å²) in [6.45, 7) is 7.07. The number of anilines is 1. The molecule has 0 heterocycles. The Bertz CT molecular complexity index is 1430. The SMILES string of the molecule is CCC(C)NC(=O)C(CC)N(Cc1ccccc1C)C(=O)CN(c1ccc(F)cc1)S(=O)(=O)c1ccc(OC)cc1. The second kappa shape index (κ2) is 14.1. The average Bonchev–Trinajstić information content (AvgIpc) is 2.97. The Kier molecular flexibility index (Phi) is 10.9. The molecule has 0 aliphatic heterocycles. The fraction of sp³-hybridized carbons (Fsp3) is 0.355. The summed E-state index contributed by atoms with van der Waals surface area (Å²) in [5.41, 5.74) is 1.88. The molecular weight excluding hydrogens is 545 g/mol. The number of carbonyl (C=O) groups excluding carboxylic acids is 2. The number of amides is 2. The van der Waals surface area contributed by atoms with Crippen LogP contribution in [-0.2, 0) is 26.2 Å². The quantitative estimate of drug-likeness (QED) is 0.304. The fourth-order valence-corrected chi connectivity index (χ4v) is 5.76. The number of nitrogens with one attached hydrogen (secondary N) is 1. The van der Waals surface area contributed by atoms with Crippen LogP contribution in [0, 0.1) is 12.7 Å². The third-order valence-electron chi connectivity index (χ3n) is 7.03. The molecule has 0 spiro atoms. The molecule has 0 saturated heterocycles. The largest absolute Gasteiger partial charge is 0.497 e.